The van der Waals surface area contributed by atoms with E-state index in [0.717, 1.165) is 49.0 Å². The fraction of sp³-hybridized carbons (Fsp3) is 0.435. The topological polar surface area (TPSA) is 86.2 Å². The summed E-state index contributed by atoms with van der Waals surface area (Å²) in [6, 6.07) is 7.46. The Bertz CT molecular complexity index is 996. The fourth-order valence-electron chi connectivity index (χ4n) is 3.91. The Hall–Kier alpha value is -2.87. The monoisotopic (exact) mass is 442 g/mol. The molecule has 1 atom stereocenters. The largest absolute Gasteiger partial charge is 0.497 e. The van der Waals surface area contributed by atoms with Gasteiger partial charge >= 0.3 is 5.97 Å². The highest BCUT2D eigenvalue weighted by molar-refractivity contribution is 7.17. The van der Waals surface area contributed by atoms with E-state index in [2.05, 4.69) is 10.5 Å². The van der Waals surface area contributed by atoms with Crippen LogP contribution in [-0.2, 0) is 27.2 Å². The molecule has 0 bridgehead atoms. The predicted octanol–water partition coefficient (Wildman–Crippen LogP) is 4.33. The van der Waals surface area contributed by atoms with Crippen LogP contribution in [0.25, 0.3) is 0 Å². The number of carbonyl (C=O) groups is 2. The Kier molecular flexibility index (Phi) is 6.56. The molecule has 1 aliphatic carbocycles. The maximum Gasteiger partial charge on any atom is 0.341 e. The molecule has 4 rings (SSSR count). The lowest BCUT2D eigenvalue weighted by Gasteiger charge is -2.11. The molecular formula is C23H26N2O5S. The number of esters is 1. The highest BCUT2D eigenvalue weighted by atomic mass is 32.1. The van der Waals surface area contributed by atoms with Crippen LogP contribution in [0.2, 0.25) is 0 Å². The van der Waals surface area contributed by atoms with Crippen LogP contribution < -0.4 is 10.1 Å². The summed E-state index contributed by atoms with van der Waals surface area (Å²) in [6.07, 6.45) is 4.65. The number of oxime groups is 1. The van der Waals surface area contributed by atoms with Crippen LogP contribution in [0.3, 0.4) is 0 Å². The minimum atomic E-state index is -0.742. The van der Waals surface area contributed by atoms with Gasteiger partial charge in [-0.15, -0.1) is 11.3 Å². The van der Waals surface area contributed by atoms with Crippen LogP contribution >= 0.6 is 11.3 Å². The van der Waals surface area contributed by atoms with Crippen molar-refractivity contribution in [1.82, 2.24) is 0 Å². The summed E-state index contributed by atoms with van der Waals surface area (Å²) in [6.45, 7) is 2.08. The highest BCUT2D eigenvalue weighted by Gasteiger charge is 2.32. The maximum atomic E-state index is 12.9. The first-order chi connectivity index (χ1) is 15.1. The summed E-state index contributed by atoms with van der Waals surface area (Å²) in [5, 5.41) is 7.57. The number of anilines is 1. The Morgan fingerprint density at radius 3 is 2.71 bits per heavy atom. The van der Waals surface area contributed by atoms with Crippen molar-refractivity contribution in [2.24, 2.45) is 5.16 Å². The molecule has 1 aliphatic heterocycles. The number of nitrogens with zero attached hydrogens (tertiary/aromatic N) is 1. The predicted molar refractivity (Wildman–Crippen MR) is 119 cm³/mol. The van der Waals surface area contributed by atoms with E-state index in [1.54, 1.807) is 14.0 Å². The van der Waals surface area contributed by atoms with Gasteiger partial charge in [0.25, 0.3) is 5.91 Å². The minimum absolute atomic E-state index is 0.293. The first-order valence-electron chi connectivity index (χ1n) is 10.6. The summed E-state index contributed by atoms with van der Waals surface area (Å²) < 4.78 is 10.5. The normalized spacial score (nSPS) is 17.7. The zero-order chi connectivity index (χ0) is 21.8. The molecule has 0 spiro atoms. The van der Waals surface area contributed by atoms with Crippen LogP contribution in [0.5, 0.6) is 5.75 Å². The molecule has 1 aromatic heterocycles. The molecule has 1 aromatic carbocycles. The number of fused-ring (bicyclic) bond motifs is 1. The van der Waals surface area contributed by atoms with Gasteiger partial charge in [-0.2, -0.15) is 0 Å². The molecule has 1 amide bonds. The van der Waals surface area contributed by atoms with Gasteiger partial charge < -0.3 is 19.6 Å². The van der Waals surface area contributed by atoms with Gasteiger partial charge in [0.05, 0.1) is 25.0 Å². The Balaban J connectivity index is 1.49. The van der Waals surface area contributed by atoms with Crippen molar-refractivity contribution < 1.29 is 23.9 Å². The standard InChI is InChI=1S/C23H26N2O5S/c1-3-29-23(27)20-16-7-5-4-6-8-19(16)31-22(20)24-21(26)18-13-17(25-30-18)14-9-11-15(28-2)12-10-14/h9-12,18H,3-8,13H2,1-2H3,(H,24,26). The third kappa shape index (κ3) is 4.58. The van der Waals surface area contributed by atoms with Crippen molar-refractivity contribution in [3.63, 3.8) is 0 Å². The molecule has 2 aromatic rings. The molecule has 1 N–H and O–H groups in total. The smallest absolute Gasteiger partial charge is 0.341 e. The second-order valence-electron chi connectivity index (χ2n) is 7.54. The van der Waals surface area contributed by atoms with E-state index in [4.69, 9.17) is 14.3 Å². The number of benzene rings is 1. The Labute approximate surface area is 185 Å². The molecule has 0 fully saturated rings. The molecular weight excluding hydrogens is 416 g/mol. The molecule has 164 valence electrons. The number of thiophene rings is 1. The lowest BCUT2D eigenvalue weighted by Crippen LogP contribution is -2.28. The molecule has 31 heavy (non-hydrogen) atoms. The van der Waals surface area contributed by atoms with Gasteiger partial charge in [-0.3, -0.25) is 4.79 Å². The number of methoxy groups -OCH3 is 1. The van der Waals surface area contributed by atoms with Crippen molar-refractivity contribution >= 4 is 33.9 Å². The molecule has 1 unspecified atom stereocenters. The number of amides is 1. The van der Waals surface area contributed by atoms with Gasteiger partial charge in [0.15, 0.2) is 0 Å². The molecule has 0 saturated heterocycles. The van der Waals surface area contributed by atoms with Crippen molar-refractivity contribution in [1.29, 1.82) is 0 Å². The lowest BCUT2D eigenvalue weighted by atomic mass is 10.0. The van der Waals surface area contributed by atoms with E-state index < -0.39 is 6.10 Å². The SMILES string of the molecule is CCOC(=O)c1c(NC(=O)C2CC(c3ccc(OC)cc3)=NO2)sc2c1CCCCC2. The average Bonchev–Trinajstić information content (AvgIpc) is 3.33. The molecule has 0 saturated carbocycles. The molecule has 7 nitrogen and oxygen atoms in total. The molecule has 2 heterocycles. The summed E-state index contributed by atoms with van der Waals surface area (Å²) in [5.74, 6) is 0.0652. The third-order valence-corrected chi connectivity index (χ3v) is 6.73. The Morgan fingerprint density at radius 2 is 1.97 bits per heavy atom. The minimum Gasteiger partial charge on any atom is -0.497 e. The summed E-state index contributed by atoms with van der Waals surface area (Å²) in [7, 11) is 1.61. The number of rotatable bonds is 6. The second-order valence-corrected chi connectivity index (χ2v) is 8.65. The quantitative estimate of drug-likeness (QED) is 0.531. The second kappa shape index (κ2) is 9.51. The van der Waals surface area contributed by atoms with Crippen LogP contribution in [0.4, 0.5) is 5.00 Å². The van der Waals surface area contributed by atoms with Gasteiger partial charge in [0.1, 0.15) is 10.8 Å². The van der Waals surface area contributed by atoms with Gasteiger partial charge in [-0.25, -0.2) is 4.79 Å². The van der Waals surface area contributed by atoms with Crippen LogP contribution in [-0.4, -0.2) is 37.4 Å². The van der Waals surface area contributed by atoms with E-state index in [-0.39, 0.29) is 11.9 Å². The van der Waals surface area contributed by atoms with Gasteiger partial charge in [-0.05, 0) is 68.0 Å². The van der Waals surface area contributed by atoms with E-state index in [1.807, 2.05) is 24.3 Å². The Morgan fingerprint density at radius 1 is 1.19 bits per heavy atom. The fourth-order valence-corrected chi connectivity index (χ4v) is 5.19. The molecule has 8 heteroatoms. The van der Waals surface area contributed by atoms with Crippen LogP contribution in [0.1, 0.15) is 59.0 Å². The van der Waals surface area contributed by atoms with Crippen molar-refractivity contribution in [3.8, 4) is 5.75 Å². The first-order valence-corrected chi connectivity index (χ1v) is 11.4. The van der Waals surface area contributed by atoms with Gasteiger partial charge in [-0.1, -0.05) is 11.6 Å². The average molecular weight is 443 g/mol. The van der Waals surface area contributed by atoms with Crippen molar-refractivity contribution in [2.75, 3.05) is 19.0 Å². The van der Waals surface area contributed by atoms with Gasteiger partial charge in [0.2, 0.25) is 6.10 Å². The number of hydrogen-bond acceptors (Lipinski definition) is 7. The van der Waals surface area contributed by atoms with E-state index in [0.29, 0.717) is 29.3 Å². The molecule has 2 aliphatic rings. The maximum absolute atomic E-state index is 12.9. The van der Waals surface area contributed by atoms with E-state index in [9.17, 15) is 9.59 Å². The zero-order valence-electron chi connectivity index (χ0n) is 17.7. The molecule has 0 radical (unpaired) electrons. The number of nitrogens with one attached hydrogen (secondary N) is 1. The lowest BCUT2D eigenvalue weighted by molar-refractivity contribution is -0.125. The first kappa shape index (κ1) is 21.4. The summed E-state index contributed by atoms with van der Waals surface area (Å²) in [4.78, 5) is 32.2. The van der Waals surface area contributed by atoms with E-state index in [1.165, 1.54) is 16.2 Å². The van der Waals surface area contributed by atoms with E-state index >= 15 is 0 Å². The summed E-state index contributed by atoms with van der Waals surface area (Å²) in [5.41, 5.74) is 3.12. The van der Waals surface area contributed by atoms with Crippen molar-refractivity contribution in [2.45, 2.75) is 51.6 Å². The van der Waals surface area contributed by atoms with Crippen LogP contribution in [0.15, 0.2) is 29.4 Å². The van der Waals surface area contributed by atoms with Crippen LogP contribution in [0, 0.1) is 0 Å². The highest BCUT2D eigenvalue weighted by Crippen LogP contribution is 2.38. The zero-order valence-corrected chi connectivity index (χ0v) is 18.5. The van der Waals surface area contributed by atoms with Crippen molar-refractivity contribution in [3.05, 3.63) is 45.8 Å². The number of hydrogen-bond donors (Lipinski definition) is 1. The number of carbonyl (C=O) groups excluding carboxylic acids is 2. The number of ether oxygens (including phenoxy) is 2. The number of aryl methyl sites for hydroxylation is 1. The van der Waals surface area contributed by atoms with Gasteiger partial charge in [0, 0.05) is 11.3 Å². The summed E-state index contributed by atoms with van der Waals surface area (Å²) >= 11 is 1.48. The third-order valence-electron chi connectivity index (χ3n) is 5.52.